The van der Waals surface area contributed by atoms with E-state index in [1.165, 1.54) is 0 Å². The van der Waals surface area contributed by atoms with E-state index >= 15 is 0 Å². The zero-order valence-electron chi connectivity index (χ0n) is 7.49. The van der Waals surface area contributed by atoms with Crippen molar-refractivity contribution >= 4 is 6.29 Å². The van der Waals surface area contributed by atoms with E-state index in [1.807, 2.05) is 6.92 Å². The summed E-state index contributed by atoms with van der Waals surface area (Å²) in [5.74, 6) is 0.619. The van der Waals surface area contributed by atoms with Gasteiger partial charge in [-0.05, 0) is 13.0 Å². The quantitative estimate of drug-likeness (QED) is 0.496. The van der Waals surface area contributed by atoms with Crippen molar-refractivity contribution in [1.82, 2.24) is 0 Å². The number of hydrogen-bond donors (Lipinski definition) is 0. The van der Waals surface area contributed by atoms with Crippen LogP contribution in [0.1, 0.15) is 17.5 Å². The first-order valence-electron chi connectivity index (χ1n) is 4.12. The lowest BCUT2D eigenvalue weighted by Gasteiger charge is -2.01. The molecule has 0 radical (unpaired) electrons. The minimum absolute atomic E-state index is 0.270. The smallest absolute Gasteiger partial charge is 0.284 e. The summed E-state index contributed by atoms with van der Waals surface area (Å²) in [6, 6.07) is 3.17. The van der Waals surface area contributed by atoms with Crippen LogP contribution in [0.4, 0.5) is 0 Å². The summed E-state index contributed by atoms with van der Waals surface area (Å²) in [7, 11) is 0. The molecule has 0 unspecified atom stereocenters. The van der Waals surface area contributed by atoms with Crippen LogP contribution in [-0.4, -0.2) is 26.1 Å². The average molecular weight is 184 g/mol. The lowest BCUT2D eigenvalue weighted by atomic mass is 10.5. The molecule has 13 heavy (non-hydrogen) atoms. The van der Waals surface area contributed by atoms with E-state index in [2.05, 4.69) is 0 Å². The maximum Gasteiger partial charge on any atom is 0.284 e. The maximum absolute atomic E-state index is 10.2. The molecule has 0 amide bonds. The number of hydrogen-bond acceptors (Lipinski definition) is 4. The standard InChI is InChI=1S/C9H12O4/c1-2-11-5-6-12-9-4-3-8(7-10)13-9/h3-4,7H,2,5-6H2,1H3. The number of furan rings is 1. The summed E-state index contributed by atoms with van der Waals surface area (Å²) in [6.45, 7) is 3.53. The molecule has 0 bridgehead atoms. The van der Waals surface area contributed by atoms with Gasteiger partial charge in [-0.1, -0.05) is 0 Å². The highest BCUT2D eigenvalue weighted by Crippen LogP contribution is 2.13. The van der Waals surface area contributed by atoms with Crippen LogP contribution >= 0.6 is 0 Å². The Kier molecular flexibility index (Phi) is 4.05. The van der Waals surface area contributed by atoms with Crippen molar-refractivity contribution in [2.24, 2.45) is 0 Å². The minimum Gasteiger partial charge on any atom is -0.463 e. The topological polar surface area (TPSA) is 48.7 Å². The highest BCUT2D eigenvalue weighted by Gasteiger charge is 2.00. The molecular weight excluding hydrogens is 172 g/mol. The Hall–Kier alpha value is -1.29. The molecule has 1 aromatic rings. The first-order valence-corrected chi connectivity index (χ1v) is 4.12. The third-order valence-electron chi connectivity index (χ3n) is 1.39. The predicted molar refractivity (Wildman–Crippen MR) is 46.1 cm³/mol. The number of carbonyl (C=O) groups excluding carboxylic acids is 1. The summed E-state index contributed by atoms with van der Waals surface area (Å²) in [6.07, 6.45) is 0.634. The molecule has 0 N–H and O–H groups in total. The largest absolute Gasteiger partial charge is 0.463 e. The highest BCUT2D eigenvalue weighted by molar-refractivity contribution is 5.70. The first-order chi connectivity index (χ1) is 6.36. The molecule has 72 valence electrons. The lowest BCUT2D eigenvalue weighted by molar-refractivity contribution is 0.0966. The van der Waals surface area contributed by atoms with Crippen molar-refractivity contribution in [2.45, 2.75) is 6.92 Å². The molecule has 0 aliphatic heterocycles. The molecule has 0 atom stereocenters. The van der Waals surface area contributed by atoms with Gasteiger partial charge >= 0.3 is 0 Å². The summed E-state index contributed by atoms with van der Waals surface area (Å²) in [5.41, 5.74) is 0. The monoisotopic (exact) mass is 184 g/mol. The molecule has 1 rings (SSSR count). The third kappa shape index (κ3) is 3.29. The van der Waals surface area contributed by atoms with E-state index in [4.69, 9.17) is 13.9 Å². The first kappa shape index (κ1) is 9.80. The van der Waals surface area contributed by atoms with Gasteiger partial charge in [0.15, 0.2) is 12.0 Å². The van der Waals surface area contributed by atoms with Crippen LogP contribution in [0.3, 0.4) is 0 Å². The fraction of sp³-hybridized carbons (Fsp3) is 0.444. The van der Waals surface area contributed by atoms with Gasteiger partial charge in [-0.25, -0.2) is 0 Å². The van der Waals surface area contributed by atoms with Gasteiger partial charge in [-0.15, -0.1) is 0 Å². The van der Waals surface area contributed by atoms with Crippen molar-refractivity contribution in [3.63, 3.8) is 0 Å². The second kappa shape index (κ2) is 5.37. The molecule has 1 aromatic heterocycles. The van der Waals surface area contributed by atoms with Crippen molar-refractivity contribution < 1.29 is 18.7 Å². The Labute approximate surface area is 76.4 Å². The Bertz CT molecular complexity index is 254. The van der Waals surface area contributed by atoms with Gasteiger partial charge in [-0.2, -0.15) is 0 Å². The number of ether oxygens (including phenoxy) is 2. The Morgan fingerprint density at radius 2 is 2.31 bits per heavy atom. The van der Waals surface area contributed by atoms with Gasteiger partial charge in [-0.3, -0.25) is 4.79 Å². The fourth-order valence-electron chi connectivity index (χ4n) is 0.821. The van der Waals surface area contributed by atoms with Crippen molar-refractivity contribution in [2.75, 3.05) is 19.8 Å². The predicted octanol–water partition coefficient (Wildman–Crippen LogP) is 1.51. The molecule has 4 heteroatoms. The molecule has 1 heterocycles. The number of aldehydes is 1. The number of rotatable bonds is 6. The Morgan fingerprint density at radius 3 is 2.92 bits per heavy atom. The summed E-state index contributed by atoms with van der Waals surface area (Å²) >= 11 is 0. The van der Waals surface area contributed by atoms with Crippen molar-refractivity contribution in [3.8, 4) is 5.95 Å². The van der Waals surface area contributed by atoms with E-state index < -0.39 is 0 Å². The molecule has 4 nitrogen and oxygen atoms in total. The van der Waals surface area contributed by atoms with Gasteiger partial charge in [0.05, 0.1) is 6.61 Å². The molecular formula is C9H12O4. The van der Waals surface area contributed by atoms with Gasteiger partial charge in [0.25, 0.3) is 5.95 Å². The maximum atomic E-state index is 10.2. The molecule has 0 saturated carbocycles. The summed E-state index contributed by atoms with van der Waals surface area (Å²) in [4.78, 5) is 10.2. The van der Waals surface area contributed by atoms with E-state index in [9.17, 15) is 4.79 Å². The second-order valence-corrected chi connectivity index (χ2v) is 2.32. The zero-order valence-corrected chi connectivity index (χ0v) is 7.49. The summed E-state index contributed by atoms with van der Waals surface area (Å²) < 4.78 is 15.2. The highest BCUT2D eigenvalue weighted by atomic mass is 16.6. The van der Waals surface area contributed by atoms with E-state index in [0.29, 0.717) is 32.1 Å². The van der Waals surface area contributed by atoms with Crippen LogP contribution < -0.4 is 4.74 Å². The normalized spacial score (nSPS) is 9.92. The van der Waals surface area contributed by atoms with Gasteiger partial charge in [0.1, 0.15) is 6.61 Å². The van der Waals surface area contributed by atoms with Crippen molar-refractivity contribution in [1.29, 1.82) is 0 Å². The van der Waals surface area contributed by atoms with E-state index in [-0.39, 0.29) is 5.76 Å². The molecule has 0 spiro atoms. The van der Waals surface area contributed by atoms with Crippen molar-refractivity contribution in [3.05, 3.63) is 17.9 Å². The average Bonchev–Trinajstić information content (AvgIpc) is 2.60. The minimum atomic E-state index is 0.270. The van der Waals surface area contributed by atoms with Crippen LogP contribution in [0, 0.1) is 0 Å². The van der Waals surface area contributed by atoms with Crippen LogP contribution in [-0.2, 0) is 4.74 Å². The Balaban J connectivity index is 2.24. The molecule has 0 saturated heterocycles. The van der Waals surface area contributed by atoms with Gasteiger partial charge in [0, 0.05) is 12.7 Å². The van der Waals surface area contributed by atoms with Gasteiger partial charge in [0.2, 0.25) is 0 Å². The van der Waals surface area contributed by atoms with E-state index in [1.54, 1.807) is 12.1 Å². The Morgan fingerprint density at radius 1 is 1.46 bits per heavy atom. The molecule has 0 fully saturated rings. The SMILES string of the molecule is CCOCCOc1ccc(C=O)o1. The zero-order chi connectivity index (χ0) is 9.52. The van der Waals surface area contributed by atoms with Crippen LogP contribution in [0.15, 0.2) is 16.5 Å². The van der Waals surface area contributed by atoms with Crippen LogP contribution in [0.2, 0.25) is 0 Å². The third-order valence-corrected chi connectivity index (χ3v) is 1.39. The fourth-order valence-corrected chi connectivity index (χ4v) is 0.821. The molecule has 0 aliphatic rings. The number of carbonyl (C=O) groups is 1. The molecule has 0 aromatic carbocycles. The lowest BCUT2D eigenvalue weighted by Crippen LogP contribution is -2.05. The summed E-state index contributed by atoms with van der Waals surface area (Å²) in [5, 5.41) is 0. The van der Waals surface area contributed by atoms with Gasteiger partial charge < -0.3 is 13.9 Å². The van der Waals surface area contributed by atoms with Crippen LogP contribution in [0.25, 0.3) is 0 Å². The van der Waals surface area contributed by atoms with Crippen LogP contribution in [0.5, 0.6) is 5.95 Å². The molecule has 0 aliphatic carbocycles. The van der Waals surface area contributed by atoms with E-state index in [0.717, 1.165) is 0 Å². The second-order valence-electron chi connectivity index (χ2n) is 2.32.